The summed E-state index contributed by atoms with van der Waals surface area (Å²) in [6.45, 7) is 0. The van der Waals surface area contributed by atoms with E-state index in [1.165, 1.54) is 18.4 Å². The number of nitrogens with two attached hydrogens (primary N) is 1. The molecular weight excluding hydrogens is 207 g/mol. The fraction of sp³-hybridized carbons (Fsp3) is 0.200. The standard InChI is InChI=1S/C10H10F3NO/c11-10(12,13)15-9-3-1-2-8(4-5-9)6-7-14/h1-4,6-7H,5,14H2/b7-6+. The fourth-order valence-electron chi connectivity index (χ4n) is 1.08. The Labute approximate surface area is 85.2 Å². The molecule has 5 heteroatoms. The van der Waals surface area contributed by atoms with Gasteiger partial charge < -0.3 is 10.5 Å². The topological polar surface area (TPSA) is 35.2 Å². The molecule has 82 valence electrons. The molecule has 0 aromatic carbocycles. The van der Waals surface area contributed by atoms with Gasteiger partial charge in [-0.1, -0.05) is 18.2 Å². The van der Waals surface area contributed by atoms with Crippen molar-refractivity contribution in [2.75, 3.05) is 0 Å². The van der Waals surface area contributed by atoms with E-state index >= 15 is 0 Å². The summed E-state index contributed by atoms with van der Waals surface area (Å²) in [7, 11) is 0. The summed E-state index contributed by atoms with van der Waals surface area (Å²) in [5.74, 6) is -0.140. The van der Waals surface area contributed by atoms with E-state index in [1.807, 2.05) is 0 Å². The zero-order chi connectivity index (χ0) is 11.3. The Kier molecular flexibility index (Phi) is 3.60. The van der Waals surface area contributed by atoms with Gasteiger partial charge in [-0.2, -0.15) is 0 Å². The summed E-state index contributed by atoms with van der Waals surface area (Å²) in [4.78, 5) is 0. The first-order valence-corrected chi connectivity index (χ1v) is 4.23. The first kappa shape index (κ1) is 11.4. The highest BCUT2D eigenvalue weighted by atomic mass is 19.4. The molecule has 1 rings (SSSR count). The van der Waals surface area contributed by atoms with Gasteiger partial charge in [-0.3, -0.25) is 0 Å². The molecule has 0 fully saturated rings. The highest BCUT2D eigenvalue weighted by molar-refractivity contribution is 5.35. The van der Waals surface area contributed by atoms with E-state index in [1.54, 1.807) is 18.2 Å². The van der Waals surface area contributed by atoms with Crippen LogP contribution < -0.4 is 5.73 Å². The fourth-order valence-corrected chi connectivity index (χ4v) is 1.08. The summed E-state index contributed by atoms with van der Waals surface area (Å²) in [6, 6.07) is 0. The molecule has 0 aromatic heterocycles. The number of allylic oxidation sites excluding steroid dienone is 6. The molecular formula is C10H10F3NO. The molecule has 2 N–H and O–H groups in total. The second kappa shape index (κ2) is 4.72. The van der Waals surface area contributed by atoms with Crippen LogP contribution in [0.1, 0.15) is 6.42 Å². The van der Waals surface area contributed by atoms with Gasteiger partial charge in [0.2, 0.25) is 0 Å². The first-order chi connectivity index (χ1) is 7.01. The van der Waals surface area contributed by atoms with Crippen molar-refractivity contribution in [2.24, 2.45) is 5.73 Å². The van der Waals surface area contributed by atoms with Gasteiger partial charge in [-0.25, -0.2) is 0 Å². The SMILES string of the molecule is N/C=C/C1=CCC(OC(F)(F)F)=CC=C1. The van der Waals surface area contributed by atoms with E-state index in [0.29, 0.717) is 0 Å². The number of alkyl halides is 3. The molecule has 0 amide bonds. The van der Waals surface area contributed by atoms with E-state index in [4.69, 9.17) is 5.73 Å². The van der Waals surface area contributed by atoms with Gasteiger partial charge in [0.05, 0.1) is 0 Å². The van der Waals surface area contributed by atoms with Gasteiger partial charge >= 0.3 is 6.36 Å². The van der Waals surface area contributed by atoms with Crippen LogP contribution in [-0.2, 0) is 4.74 Å². The van der Waals surface area contributed by atoms with Crippen molar-refractivity contribution in [1.82, 2.24) is 0 Å². The lowest BCUT2D eigenvalue weighted by molar-refractivity contribution is -0.305. The minimum Gasteiger partial charge on any atom is -0.410 e. The Balaban J connectivity index is 2.67. The second-order valence-corrected chi connectivity index (χ2v) is 2.81. The minimum atomic E-state index is -4.64. The van der Waals surface area contributed by atoms with E-state index < -0.39 is 6.36 Å². The third-order valence-corrected chi connectivity index (χ3v) is 1.65. The molecule has 0 radical (unpaired) electrons. The molecule has 0 aromatic rings. The summed E-state index contributed by atoms with van der Waals surface area (Å²) >= 11 is 0. The Hall–Kier alpha value is -1.65. The van der Waals surface area contributed by atoms with Crippen LogP contribution in [0.5, 0.6) is 0 Å². The molecule has 0 unspecified atom stereocenters. The quantitative estimate of drug-likeness (QED) is 0.771. The number of ether oxygens (including phenoxy) is 1. The van der Waals surface area contributed by atoms with Crippen molar-refractivity contribution >= 4 is 0 Å². The monoisotopic (exact) mass is 217 g/mol. The molecule has 0 atom stereocenters. The van der Waals surface area contributed by atoms with Crippen molar-refractivity contribution < 1.29 is 17.9 Å². The molecule has 0 saturated carbocycles. The third-order valence-electron chi connectivity index (χ3n) is 1.65. The molecule has 0 spiro atoms. The van der Waals surface area contributed by atoms with Crippen LogP contribution in [0.2, 0.25) is 0 Å². The number of halogens is 3. The lowest BCUT2D eigenvalue weighted by Crippen LogP contribution is -2.12. The average molecular weight is 217 g/mol. The largest absolute Gasteiger partial charge is 0.572 e. The molecule has 0 saturated heterocycles. The van der Waals surface area contributed by atoms with Crippen molar-refractivity contribution in [1.29, 1.82) is 0 Å². The second-order valence-electron chi connectivity index (χ2n) is 2.81. The number of hydrogen-bond donors (Lipinski definition) is 1. The Morgan fingerprint density at radius 1 is 1.40 bits per heavy atom. The summed E-state index contributed by atoms with van der Waals surface area (Å²) in [5.41, 5.74) is 5.91. The van der Waals surface area contributed by atoms with Gasteiger partial charge in [0.15, 0.2) is 0 Å². The van der Waals surface area contributed by atoms with Crippen molar-refractivity contribution in [3.63, 3.8) is 0 Å². The van der Waals surface area contributed by atoms with Crippen LogP contribution >= 0.6 is 0 Å². The van der Waals surface area contributed by atoms with Gasteiger partial charge in [0, 0.05) is 6.42 Å². The van der Waals surface area contributed by atoms with Gasteiger partial charge in [-0.05, 0) is 23.9 Å². The highest BCUT2D eigenvalue weighted by Crippen LogP contribution is 2.24. The summed E-state index contributed by atoms with van der Waals surface area (Å²) < 4.78 is 39.4. The van der Waals surface area contributed by atoms with Crippen molar-refractivity contribution in [3.05, 3.63) is 47.9 Å². The van der Waals surface area contributed by atoms with Crippen LogP contribution in [0.3, 0.4) is 0 Å². The molecule has 0 heterocycles. The molecule has 0 bridgehead atoms. The molecule has 1 aliphatic carbocycles. The summed E-state index contributed by atoms with van der Waals surface area (Å²) in [5, 5.41) is 0. The predicted molar refractivity (Wildman–Crippen MR) is 50.4 cm³/mol. The lowest BCUT2D eigenvalue weighted by atomic mass is 10.2. The Morgan fingerprint density at radius 3 is 2.73 bits per heavy atom. The molecule has 1 aliphatic rings. The maximum atomic E-state index is 11.9. The van der Waals surface area contributed by atoms with Crippen LogP contribution in [0.15, 0.2) is 47.9 Å². The smallest absolute Gasteiger partial charge is 0.410 e. The Morgan fingerprint density at radius 2 is 2.13 bits per heavy atom. The van der Waals surface area contributed by atoms with Crippen molar-refractivity contribution in [3.8, 4) is 0 Å². The molecule has 2 nitrogen and oxygen atoms in total. The maximum Gasteiger partial charge on any atom is 0.572 e. The van der Waals surface area contributed by atoms with Gasteiger partial charge in [-0.15, -0.1) is 13.2 Å². The van der Waals surface area contributed by atoms with E-state index in [2.05, 4.69) is 4.74 Å². The third kappa shape index (κ3) is 4.39. The minimum absolute atomic E-state index is 0.0895. The number of hydrogen-bond acceptors (Lipinski definition) is 2. The number of rotatable bonds is 2. The summed E-state index contributed by atoms with van der Waals surface area (Å²) in [6.07, 6.45) is 4.39. The van der Waals surface area contributed by atoms with Gasteiger partial charge in [0.1, 0.15) is 5.76 Å². The highest BCUT2D eigenvalue weighted by Gasteiger charge is 2.31. The average Bonchev–Trinajstić information content (AvgIpc) is 2.29. The van der Waals surface area contributed by atoms with Crippen LogP contribution in [0.4, 0.5) is 13.2 Å². The first-order valence-electron chi connectivity index (χ1n) is 4.23. The van der Waals surface area contributed by atoms with Crippen LogP contribution in [0, 0.1) is 0 Å². The predicted octanol–water partition coefficient (Wildman–Crippen LogP) is 2.77. The van der Waals surface area contributed by atoms with E-state index in [9.17, 15) is 13.2 Å². The normalized spacial score (nSPS) is 17.3. The zero-order valence-electron chi connectivity index (χ0n) is 7.79. The van der Waals surface area contributed by atoms with E-state index in [0.717, 1.165) is 5.57 Å². The van der Waals surface area contributed by atoms with E-state index in [-0.39, 0.29) is 12.2 Å². The van der Waals surface area contributed by atoms with Crippen LogP contribution in [0.25, 0.3) is 0 Å². The molecule has 0 aliphatic heterocycles. The maximum absolute atomic E-state index is 11.9. The van der Waals surface area contributed by atoms with Crippen LogP contribution in [-0.4, -0.2) is 6.36 Å². The van der Waals surface area contributed by atoms with Gasteiger partial charge in [0.25, 0.3) is 0 Å². The Bertz CT molecular complexity index is 337. The van der Waals surface area contributed by atoms with Crippen molar-refractivity contribution in [2.45, 2.75) is 12.8 Å². The zero-order valence-corrected chi connectivity index (χ0v) is 7.79. The molecule has 15 heavy (non-hydrogen) atoms. The lowest BCUT2D eigenvalue weighted by Gasteiger charge is -2.09.